The van der Waals surface area contributed by atoms with Gasteiger partial charge in [-0.1, -0.05) is 0 Å². The molecule has 1 aromatic carbocycles. The zero-order valence-electron chi connectivity index (χ0n) is 13.3. The number of aromatic nitrogens is 4. The predicted octanol–water partition coefficient (Wildman–Crippen LogP) is 3.68. The Morgan fingerprint density at radius 1 is 0.960 bits per heavy atom. The van der Waals surface area contributed by atoms with Crippen molar-refractivity contribution in [1.82, 2.24) is 19.6 Å². The van der Waals surface area contributed by atoms with Crippen molar-refractivity contribution in [2.45, 2.75) is 0 Å². The van der Waals surface area contributed by atoms with E-state index in [1.807, 2.05) is 18.2 Å². The van der Waals surface area contributed by atoms with E-state index in [1.165, 1.54) is 12.1 Å². The van der Waals surface area contributed by atoms with Gasteiger partial charge in [-0.25, -0.2) is 14.4 Å². The minimum Gasteiger partial charge on any atom is -0.481 e. The number of hydrogen-bond acceptors (Lipinski definition) is 5. The highest BCUT2D eigenvalue weighted by atomic mass is 19.1. The number of methoxy groups -OCH3 is 1. The molecular formula is C18H14FN5O. The van der Waals surface area contributed by atoms with Gasteiger partial charge < -0.3 is 10.1 Å². The molecule has 0 aliphatic heterocycles. The summed E-state index contributed by atoms with van der Waals surface area (Å²) in [5, 5.41) is 7.82. The molecule has 25 heavy (non-hydrogen) atoms. The van der Waals surface area contributed by atoms with E-state index in [4.69, 9.17) is 4.74 Å². The van der Waals surface area contributed by atoms with Crippen molar-refractivity contribution in [1.29, 1.82) is 0 Å². The molecular weight excluding hydrogens is 321 g/mol. The summed E-state index contributed by atoms with van der Waals surface area (Å²) in [4.78, 5) is 8.49. The first kappa shape index (κ1) is 15.1. The first-order valence-electron chi connectivity index (χ1n) is 7.61. The number of halogens is 1. The molecule has 0 radical (unpaired) electrons. The van der Waals surface area contributed by atoms with Crippen LogP contribution in [-0.2, 0) is 0 Å². The maximum atomic E-state index is 13.1. The van der Waals surface area contributed by atoms with Crippen LogP contribution in [0.4, 0.5) is 15.9 Å². The smallest absolute Gasteiger partial charge is 0.213 e. The van der Waals surface area contributed by atoms with Crippen molar-refractivity contribution >= 4 is 17.2 Å². The molecule has 3 aromatic heterocycles. The lowest BCUT2D eigenvalue weighted by molar-refractivity contribution is 0.398. The van der Waals surface area contributed by atoms with Gasteiger partial charge in [-0.05, 0) is 42.5 Å². The van der Waals surface area contributed by atoms with Crippen LogP contribution in [0.15, 0.2) is 60.9 Å². The highest BCUT2D eigenvalue weighted by Crippen LogP contribution is 2.22. The van der Waals surface area contributed by atoms with Gasteiger partial charge in [-0.2, -0.15) is 9.61 Å². The Morgan fingerprint density at radius 3 is 2.52 bits per heavy atom. The van der Waals surface area contributed by atoms with E-state index in [-0.39, 0.29) is 5.82 Å². The maximum absolute atomic E-state index is 13.1. The monoisotopic (exact) mass is 335 g/mol. The number of nitrogens with zero attached hydrogens (tertiary/aromatic N) is 4. The lowest BCUT2D eigenvalue weighted by Crippen LogP contribution is -2.00. The Hall–Kier alpha value is -3.48. The first-order valence-corrected chi connectivity index (χ1v) is 7.61. The summed E-state index contributed by atoms with van der Waals surface area (Å²) in [7, 11) is 1.57. The standard InChI is InChI=1S/C18H14FN5O/c1-25-18-9-6-14(10-21-18)22-17-11-20-16-8-7-15(23-24(16)17)12-2-4-13(19)5-3-12/h2-11,22H,1H3. The fraction of sp³-hybridized carbons (Fsp3) is 0.0556. The Labute approximate surface area is 142 Å². The number of pyridine rings is 1. The fourth-order valence-corrected chi connectivity index (χ4v) is 2.46. The second kappa shape index (κ2) is 6.20. The van der Waals surface area contributed by atoms with E-state index in [0.29, 0.717) is 17.3 Å². The van der Waals surface area contributed by atoms with Crippen LogP contribution in [-0.4, -0.2) is 26.7 Å². The molecule has 0 bridgehead atoms. The summed E-state index contributed by atoms with van der Waals surface area (Å²) in [5.74, 6) is 0.966. The molecule has 4 rings (SSSR count). The fourth-order valence-electron chi connectivity index (χ4n) is 2.46. The molecule has 0 aliphatic rings. The molecule has 1 N–H and O–H groups in total. The molecule has 4 aromatic rings. The predicted molar refractivity (Wildman–Crippen MR) is 92.5 cm³/mol. The molecule has 6 nitrogen and oxygen atoms in total. The molecule has 3 heterocycles. The molecule has 0 spiro atoms. The zero-order chi connectivity index (χ0) is 17.2. The second-order valence-electron chi connectivity index (χ2n) is 5.35. The summed E-state index contributed by atoms with van der Waals surface area (Å²) < 4.78 is 19.9. The van der Waals surface area contributed by atoms with Crippen molar-refractivity contribution in [3.63, 3.8) is 0 Å². The average Bonchev–Trinajstić information content (AvgIpc) is 3.05. The molecule has 0 unspecified atom stereocenters. The van der Waals surface area contributed by atoms with Gasteiger partial charge in [0.25, 0.3) is 0 Å². The van der Waals surface area contributed by atoms with Gasteiger partial charge in [0.1, 0.15) is 5.82 Å². The van der Waals surface area contributed by atoms with Gasteiger partial charge in [0.2, 0.25) is 5.88 Å². The Kier molecular flexibility index (Phi) is 3.74. The van der Waals surface area contributed by atoms with E-state index in [1.54, 1.807) is 42.2 Å². The van der Waals surface area contributed by atoms with E-state index >= 15 is 0 Å². The molecule has 0 atom stereocenters. The van der Waals surface area contributed by atoms with Gasteiger partial charge in [0.05, 0.1) is 30.9 Å². The zero-order valence-corrected chi connectivity index (χ0v) is 13.3. The van der Waals surface area contributed by atoms with E-state index < -0.39 is 0 Å². The van der Waals surface area contributed by atoms with Crippen molar-refractivity contribution in [2.75, 3.05) is 12.4 Å². The number of fused-ring (bicyclic) bond motifs is 1. The molecule has 0 amide bonds. The normalized spacial score (nSPS) is 10.8. The van der Waals surface area contributed by atoms with Crippen molar-refractivity contribution in [3.05, 3.63) is 66.7 Å². The van der Waals surface area contributed by atoms with Crippen molar-refractivity contribution < 1.29 is 9.13 Å². The third kappa shape index (κ3) is 2.99. The highest BCUT2D eigenvalue weighted by molar-refractivity contribution is 5.63. The third-order valence-corrected chi connectivity index (χ3v) is 3.72. The van der Waals surface area contributed by atoms with Crippen LogP contribution in [0.1, 0.15) is 0 Å². The van der Waals surface area contributed by atoms with Crippen molar-refractivity contribution in [3.8, 4) is 17.1 Å². The van der Waals surface area contributed by atoms with Crippen LogP contribution in [0.2, 0.25) is 0 Å². The minimum absolute atomic E-state index is 0.276. The molecule has 0 aliphatic carbocycles. The molecule has 124 valence electrons. The van der Waals surface area contributed by atoms with Gasteiger partial charge in [-0.15, -0.1) is 0 Å². The third-order valence-electron chi connectivity index (χ3n) is 3.72. The lowest BCUT2D eigenvalue weighted by Gasteiger charge is -2.07. The molecule has 0 fully saturated rings. The number of nitrogens with one attached hydrogen (secondary N) is 1. The molecule has 0 saturated carbocycles. The quantitative estimate of drug-likeness (QED) is 0.616. The van der Waals surface area contributed by atoms with E-state index in [9.17, 15) is 4.39 Å². The summed E-state index contributed by atoms with van der Waals surface area (Å²) >= 11 is 0. The SMILES string of the molecule is COc1ccc(Nc2cnc3ccc(-c4ccc(F)cc4)nn23)cn1. The lowest BCUT2D eigenvalue weighted by atomic mass is 10.1. The summed E-state index contributed by atoms with van der Waals surface area (Å²) in [6.45, 7) is 0. The van der Waals surface area contributed by atoms with Crippen LogP contribution in [0.25, 0.3) is 16.9 Å². The summed E-state index contributed by atoms with van der Waals surface area (Å²) in [6.07, 6.45) is 3.36. The van der Waals surface area contributed by atoms with Crippen LogP contribution in [0.5, 0.6) is 5.88 Å². The number of imidazole rings is 1. The number of ether oxygens (including phenoxy) is 1. The van der Waals surface area contributed by atoms with Gasteiger partial charge in [0.15, 0.2) is 11.5 Å². The average molecular weight is 335 g/mol. The van der Waals surface area contributed by atoms with Crippen LogP contribution >= 0.6 is 0 Å². The van der Waals surface area contributed by atoms with Crippen molar-refractivity contribution in [2.24, 2.45) is 0 Å². The first-order chi connectivity index (χ1) is 12.2. The topological polar surface area (TPSA) is 64.3 Å². The van der Waals surface area contributed by atoms with Crippen LogP contribution < -0.4 is 10.1 Å². The molecule has 0 saturated heterocycles. The van der Waals surface area contributed by atoms with Gasteiger partial charge >= 0.3 is 0 Å². The summed E-state index contributed by atoms with van der Waals surface area (Å²) in [5.41, 5.74) is 3.04. The summed E-state index contributed by atoms with van der Waals surface area (Å²) in [6, 6.07) is 13.6. The maximum Gasteiger partial charge on any atom is 0.213 e. The number of benzene rings is 1. The Morgan fingerprint density at radius 2 is 1.80 bits per heavy atom. The van der Waals surface area contributed by atoms with Crippen LogP contribution in [0, 0.1) is 5.82 Å². The number of rotatable bonds is 4. The minimum atomic E-state index is -0.276. The molecule has 7 heteroatoms. The largest absolute Gasteiger partial charge is 0.481 e. The van der Waals surface area contributed by atoms with Gasteiger partial charge in [0, 0.05) is 11.6 Å². The highest BCUT2D eigenvalue weighted by Gasteiger charge is 2.08. The van der Waals surface area contributed by atoms with E-state index in [2.05, 4.69) is 20.4 Å². The second-order valence-corrected chi connectivity index (χ2v) is 5.35. The van der Waals surface area contributed by atoms with Gasteiger partial charge in [-0.3, -0.25) is 0 Å². The van der Waals surface area contributed by atoms with E-state index in [0.717, 1.165) is 16.9 Å². The Balaban J connectivity index is 1.69. The number of hydrogen-bond donors (Lipinski definition) is 1. The van der Waals surface area contributed by atoms with Crippen LogP contribution in [0.3, 0.4) is 0 Å². The Bertz CT molecular complexity index is 1010. The number of anilines is 2.